The van der Waals surface area contributed by atoms with Crippen molar-refractivity contribution in [1.82, 2.24) is 30.1 Å². The van der Waals surface area contributed by atoms with Crippen LogP contribution in [0.15, 0.2) is 6.20 Å². The largest absolute Gasteiger partial charge is 0.391 e. The summed E-state index contributed by atoms with van der Waals surface area (Å²) in [6.45, 7) is 6.96. The maximum atomic E-state index is 13.5. The lowest BCUT2D eigenvalue weighted by atomic mass is 9.85. The molecule has 3 atom stereocenters. The summed E-state index contributed by atoms with van der Waals surface area (Å²) in [4.78, 5) is 41.4. The van der Waals surface area contributed by atoms with Crippen LogP contribution in [0, 0.1) is 5.41 Å². The molecule has 0 saturated carbocycles. The molecule has 10 heteroatoms. The van der Waals surface area contributed by atoms with Crippen LogP contribution in [0.25, 0.3) is 0 Å². The number of nitrogens with zero attached hydrogens (tertiary/aromatic N) is 5. The third-order valence-electron chi connectivity index (χ3n) is 6.01. The first-order valence-corrected chi connectivity index (χ1v) is 11.0. The second-order valence-corrected chi connectivity index (χ2v) is 9.59. The Hall–Kier alpha value is -2.49. The molecule has 172 valence electrons. The van der Waals surface area contributed by atoms with Crippen LogP contribution in [-0.2, 0) is 20.9 Å². The Morgan fingerprint density at radius 2 is 2.03 bits per heavy atom. The van der Waals surface area contributed by atoms with Gasteiger partial charge in [-0.1, -0.05) is 32.4 Å². The fourth-order valence-electron chi connectivity index (χ4n) is 4.42. The number of nitrogens with one attached hydrogen (secondary N) is 1. The van der Waals surface area contributed by atoms with E-state index in [9.17, 15) is 19.5 Å². The van der Waals surface area contributed by atoms with Gasteiger partial charge in [-0.2, -0.15) is 0 Å². The highest BCUT2D eigenvalue weighted by Gasteiger charge is 2.45. The zero-order valence-corrected chi connectivity index (χ0v) is 18.9. The molecule has 3 rings (SSSR count). The molecule has 2 aliphatic rings. The van der Waals surface area contributed by atoms with E-state index in [-0.39, 0.29) is 30.7 Å². The quantitative estimate of drug-likeness (QED) is 0.695. The van der Waals surface area contributed by atoms with E-state index in [1.807, 2.05) is 20.8 Å². The molecule has 1 aromatic heterocycles. The first-order valence-electron chi connectivity index (χ1n) is 11.0. The van der Waals surface area contributed by atoms with E-state index in [0.717, 1.165) is 19.3 Å². The minimum atomic E-state index is -0.743. The van der Waals surface area contributed by atoms with Crippen molar-refractivity contribution in [2.24, 2.45) is 5.41 Å². The van der Waals surface area contributed by atoms with Crippen LogP contribution in [-0.4, -0.2) is 79.9 Å². The lowest BCUT2D eigenvalue weighted by molar-refractivity contribution is -0.144. The molecule has 0 spiro atoms. The summed E-state index contributed by atoms with van der Waals surface area (Å²) in [6, 6.07) is -1.42. The molecule has 0 unspecified atom stereocenters. The number of amides is 3. The maximum Gasteiger partial charge on any atom is 0.248 e. The van der Waals surface area contributed by atoms with Crippen molar-refractivity contribution >= 4 is 17.7 Å². The van der Waals surface area contributed by atoms with Gasteiger partial charge in [0, 0.05) is 33.0 Å². The molecular formula is C21H34N6O4. The molecule has 2 N–H and O–H groups in total. The van der Waals surface area contributed by atoms with Crippen LogP contribution in [0.5, 0.6) is 0 Å². The zero-order chi connectivity index (χ0) is 22.8. The SMILES string of the molecule is CNC(=O)[C@@H]1C[C@@H](O)CN1C(=O)[C@@H](n1cc(CN2CCCCCC2=O)nn1)C(C)(C)C. The number of likely N-dealkylation sites (N-methyl/N-ethyl adjacent to an activating group) is 1. The van der Waals surface area contributed by atoms with Crippen molar-refractivity contribution in [1.29, 1.82) is 0 Å². The van der Waals surface area contributed by atoms with E-state index in [1.54, 1.807) is 11.1 Å². The van der Waals surface area contributed by atoms with Gasteiger partial charge in [0.25, 0.3) is 0 Å². The van der Waals surface area contributed by atoms with E-state index in [0.29, 0.717) is 25.2 Å². The van der Waals surface area contributed by atoms with Crippen molar-refractivity contribution in [2.45, 2.75) is 77.6 Å². The number of aliphatic hydroxyl groups is 1. The summed E-state index contributed by atoms with van der Waals surface area (Å²) in [5.41, 5.74) is 0.114. The van der Waals surface area contributed by atoms with Gasteiger partial charge in [0.15, 0.2) is 0 Å². The molecule has 0 aliphatic carbocycles. The highest BCUT2D eigenvalue weighted by molar-refractivity contribution is 5.90. The van der Waals surface area contributed by atoms with Gasteiger partial charge in [0.1, 0.15) is 17.8 Å². The van der Waals surface area contributed by atoms with Crippen LogP contribution >= 0.6 is 0 Å². The molecule has 2 fully saturated rings. The molecular weight excluding hydrogens is 400 g/mol. The lowest BCUT2D eigenvalue weighted by Crippen LogP contribution is -2.49. The fraction of sp³-hybridized carbons (Fsp3) is 0.762. The smallest absolute Gasteiger partial charge is 0.248 e. The summed E-state index contributed by atoms with van der Waals surface area (Å²) in [5, 5.41) is 21.1. The monoisotopic (exact) mass is 434 g/mol. The third kappa shape index (κ3) is 5.23. The Kier molecular flexibility index (Phi) is 6.98. The summed E-state index contributed by atoms with van der Waals surface area (Å²) in [6.07, 6.45) is 4.67. The van der Waals surface area contributed by atoms with Gasteiger partial charge in [0.2, 0.25) is 17.7 Å². The number of carbonyl (C=O) groups excluding carboxylic acids is 3. The minimum Gasteiger partial charge on any atom is -0.391 e. The van der Waals surface area contributed by atoms with Crippen LogP contribution < -0.4 is 5.32 Å². The second kappa shape index (κ2) is 9.33. The predicted octanol–water partition coefficient (Wildman–Crippen LogP) is 0.476. The van der Waals surface area contributed by atoms with E-state index in [2.05, 4.69) is 15.6 Å². The number of rotatable bonds is 5. The van der Waals surface area contributed by atoms with E-state index in [1.165, 1.54) is 16.6 Å². The van der Waals surface area contributed by atoms with E-state index in [4.69, 9.17) is 0 Å². The molecule has 10 nitrogen and oxygen atoms in total. The van der Waals surface area contributed by atoms with Gasteiger partial charge < -0.3 is 20.2 Å². The van der Waals surface area contributed by atoms with Gasteiger partial charge in [-0.15, -0.1) is 5.10 Å². The maximum absolute atomic E-state index is 13.5. The molecule has 0 aromatic carbocycles. The van der Waals surface area contributed by atoms with Crippen molar-refractivity contribution < 1.29 is 19.5 Å². The number of aromatic nitrogens is 3. The van der Waals surface area contributed by atoms with Crippen LogP contribution in [0.4, 0.5) is 0 Å². The first kappa shape index (κ1) is 23.2. The Labute approximate surface area is 182 Å². The Balaban J connectivity index is 1.82. The molecule has 31 heavy (non-hydrogen) atoms. The Morgan fingerprint density at radius 1 is 1.29 bits per heavy atom. The van der Waals surface area contributed by atoms with Gasteiger partial charge in [-0.3, -0.25) is 14.4 Å². The van der Waals surface area contributed by atoms with Crippen molar-refractivity contribution in [3.05, 3.63) is 11.9 Å². The normalized spacial score (nSPS) is 23.6. The lowest BCUT2D eigenvalue weighted by Gasteiger charge is -2.34. The van der Waals surface area contributed by atoms with Crippen LogP contribution in [0.1, 0.15) is 64.6 Å². The molecule has 1 aromatic rings. The van der Waals surface area contributed by atoms with Gasteiger partial charge in [-0.05, 0) is 18.3 Å². The molecule has 3 amide bonds. The van der Waals surface area contributed by atoms with E-state index >= 15 is 0 Å². The minimum absolute atomic E-state index is 0.104. The molecule has 0 bridgehead atoms. The van der Waals surface area contributed by atoms with Gasteiger partial charge in [-0.25, -0.2) is 4.68 Å². The summed E-state index contributed by atoms with van der Waals surface area (Å²) in [7, 11) is 1.52. The Morgan fingerprint density at radius 3 is 2.71 bits per heavy atom. The highest BCUT2D eigenvalue weighted by Crippen LogP contribution is 2.34. The van der Waals surface area contributed by atoms with Gasteiger partial charge >= 0.3 is 0 Å². The number of β-amino-alcohol motifs (C(OH)–C–C–N with tert-alkyl or cyclic N) is 1. The molecule has 2 aliphatic heterocycles. The summed E-state index contributed by atoms with van der Waals surface area (Å²) < 4.78 is 1.53. The number of likely N-dealkylation sites (tertiary alicyclic amines) is 2. The average molecular weight is 435 g/mol. The average Bonchev–Trinajstić information content (AvgIpc) is 3.25. The third-order valence-corrected chi connectivity index (χ3v) is 6.01. The summed E-state index contributed by atoms with van der Waals surface area (Å²) in [5.74, 6) is -0.452. The molecule has 3 heterocycles. The van der Waals surface area contributed by atoms with E-state index < -0.39 is 23.6 Å². The topological polar surface area (TPSA) is 121 Å². The summed E-state index contributed by atoms with van der Waals surface area (Å²) >= 11 is 0. The second-order valence-electron chi connectivity index (χ2n) is 9.59. The van der Waals surface area contributed by atoms with Gasteiger partial charge in [0.05, 0.1) is 18.8 Å². The van der Waals surface area contributed by atoms with Crippen LogP contribution in [0.3, 0.4) is 0 Å². The van der Waals surface area contributed by atoms with Crippen molar-refractivity contribution in [3.63, 3.8) is 0 Å². The Bertz CT molecular complexity index is 817. The van der Waals surface area contributed by atoms with Crippen LogP contribution in [0.2, 0.25) is 0 Å². The molecule has 2 saturated heterocycles. The number of aliphatic hydroxyl groups excluding tert-OH is 1. The highest BCUT2D eigenvalue weighted by atomic mass is 16.3. The first-order chi connectivity index (χ1) is 14.6. The van der Waals surface area contributed by atoms with Crippen molar-refractivity contribution in [3.8, 4) is 0 Å². The predicted molar refractivity (Wildman–Crippen MR) is 113 cm³/mol. The number of hydrogen-bond acceptors (Lipinski definition) is 6. The fourth-order valence-corrected chi connectivity index (χ4v) is 4.42. The standard InChI is InChI=1S/C21H34N6O4/c1-21(2,3)18(20(31)26-13-15(28)10-16(26)19(30)22-4)27-12-14(23-24-27)11-25-9-7-5-6-8-17(25)29/h12,15-16,18,28H,5-11,13H2,1-4H3,(H,22,30)/t15-,16+,18-/m1/s1. The van der Waals surface area contributed by atoms with Crippen molar-refractivity contribution in [2.75, 3.05) is 20.1 Å². The molecule has 0 radical (unpaired) electrons. The number of hydrogen-bond donors (Lipinski definition) is 2. The zero-order valence-electron chi connectivity index (χ0n) is 18.9. The number of carbonyl (C=O) groups is 3.